The first-order valence-corrected chi connectivity index (χ1v) is 7.93. The second-order valence-electron chi connectivity index (χ2n) is 3.33. The summed E-state index contributed by atoms with van der Waals surface area (Å²) in [6.45, 7) is 0.217. The minimum Gasteiger partial charge on any atom is -0.460 e. The van der Waals surface area contributed by atoms with Gasteiger partial charge in [-0.3, -0.25) is 0 Å². The molecule has 0 fully saturated rings. The Balaban J connectivity index is 3.11. The molecule has 9 heteroatoms. The highest BCUT2D eigenvalue weighted by Gasteiger charge is 2.21. The van der Waals surface area contributed by atoms with Gasteiger partial charge in [-0.1, -0.05) is 23.2 Å². The monoisotopic (exact) mass is 346 g/mol. The summed E-state index contributed by atoms with van der Waals surface area (Å²) in [6, 6.07) is 2.09. The standard InChI is InChI=1S/C10H9Cl3O5S/c1-17-2-3-18-10(14)6-4-9(19(13,15)16)8(12)5-7(6)11/h4-5H,2-3H2,1H3. The van der Waals surface area contributed by atoms with Crippen LogP contribution in [0.15, 0.2) is 17.0 Å². The van der Waals surface area contributed by atoms with Gasteiger partial charge < -0.3 is 9.47 Å². The lowest BCUT2D eigenvalue weighted by atomic mass is 10.2. The van der Waals surface area contributed by atoms with Crippen molar-refractivity contribution in [3.63, 3.8) is 0 Å². The van der Waals surface area contributed by atoms with Crippen LogP contribution < -0.4 is 0 Å². The molecule has 19 heavy (non-hydrogen) atoms. The van der Waals surface area contributed by atoms with E-state index in [1.54, 1.807) is 0 Å². The van der Waals surface area contributed by atoms with Crippen molar-refractivity contribution in [1.29, 1.82) is 0 Å². The van der Waals surface area contributed by atoms with Crippen LogP contribution in [0.4, 0.5) is 0 Å². The summed E-state index contributed by atoms with van der Waals surface area (Å²) in [4.78, 5) is 11.3. The number of carbonyl (C=O) groups is 1. The first kappa shape index (κ1) is 16.5. The molecule has 1 aromatic carbocycles. The van der Waals surface area contributed by atoms with Crippen LogP contribution in [0.5, 0.6) is 0 Å². The Hall–Kier alpha value is -0.530. The third-order valence-corrected chi connectivity index (χ3v) is 4.12. The minimum absolute atomic E-state index is 0.0112. The summed E-state index contributed by atoms with van der Waals surface area (Å²) >= 11 is 11.5. The van der Waals surface area contributed by atoms with Crippen LogP contribution in [0, 0.1) is 0 Å². The topological polar surface area (TPSA) is 69.7 Å². The van der Waals surface area contributed by atoms with E-state index in [1.807, 2.05) is 0 Å². The van der Waals surface area contributed by atoms with Gasteiger partial charge in [0.05, 0.1) is 22.2 Å². The highest BCUT2D eigenvalue weighted by atomic mass is 35.7. The molecule has 0 aliphatic heterocycles. The van der Waals surface area contributed by atoms with Gasteiger partial charge >= 0.3 is 5.97 Å². The van der Waals surface area contributed by atoms with Crippen molar-refractivity contribution in [3.8, 4) is 0 Å². The Morgan fingerprint density at radius 1 is 1.21 bits per heavy atom. The fraction of sp³-hybridized carbons (Fsp3) is 0.300. The zero-order valence-corrected chi connectivity index (χ0v) is 12.7. The van der Waals surface area contributed by atoms with Crippen LogP contribution in [0.2, 0.25) is 10.0 Å². The molecular formula is C10H9Cl3O5S. The van der Waals surface area contributed by atoms with Gasteiger partial charge in [-0.15, -0.1) is 0 Å². The molecule has 0 saturated carbocycles. The van der Waals surface area contributed by atoms with Gasteiger partial charge in [-0.25, -0.2) is 13.2 Å². The van der Waals surface area contributed by atoms with Gasteiger partial charge in [0.2, 0.25) is 0 Å². The third-order valence-electron chi connectivity index (χ3n) is 2.02. The average Bonchev–Trinajstić information content (AvgIpc) is 2.27. The van der Waals surface area contributed by atoms with Gasteiger partial charge in [-0.05, 0) is 12.1 Å². The molecule has 5 nitrogen and oxygen atoms in total. The second kappa shape index (κ2) is 6.76. The van der Waals surface area contributed by atoms with E-state index in [9.17, 15) is 13.2 Å². The smallest absolute Gasteiger partial charge is 0.339 e. The molecule has 0 N–H and O–H groups in total. The Labute approximate surface area is 124 Å². The van der Waals surface area contributed by atoms with Crippen molar-refractivity contribution in [3.05, 3.63) is 27.7 Å². The molecule has 0 aliphatic rings. The number of rotatable bonds is 5. The second-order valence-corrected chi connectivity index (χ2v) is 6.68. The van der Waals surface area contributed by atoms with Crippen molar-refractivity contribution >= 4 is 48.9 Å². The fourth-order valence-corrected chi connectivity index (χ4v) is 2.98. The fourth-order valence-electron chi connectivity index (χ4n) is 1.17. The average molecular weight is 348 g/mol. The first-order chi connectivity index (χ1) is 8.77. The van der Waals surface area contributed by atoms with Crippen LogP contribution in [-0.2, 0) is 18.5 Å². The molecule has 1 aromatic rings. The SMILES string of the molecule is COCCOC(=O)c1cc(S(=O)(=O)Cl)c(Cl)cc1Cl. The number of halogens is 3. The highest BCUT2D eigenvalue weighted by molar-refractivity contribution is 8.13. The maximum atomic E-state index is 11.7. The van der Waals surface area contributed by atoms with Gasteiger partial charge in [0, 0.05) is 17.8 Å². The molecular weight excluding hydrogens is 339 g/mol. The van der Waals surface area contributed by atoms with Crippen molar-refractivity contribution in [2.24, 2.45) is 0 Å². The number of hydrogen-bond acceptors (Lipinski definition) is 5. The maximum Gasteiger partial charge on any atom is 0.339 e. The molecule has 0 bridgehead atoms. The van der Waals surface area contributed by atoms with E-state index in [0.29, 0.717) is 0 Å². The molecule has 0 heterocycles. The molecule has 0 radical (unpaired) electrons. The van der Waals surface area contributed by atoms with E-state index in [-0.39, 0.29) is 28.8 Å². The summed E-state index contributed by atoms with van der Waals surface area (Å²) in [5.74, 6) is -0.791. The normalized spacial score (nSPS) is 11.4. The van der Waals surface area contributed by atoms with Crippen molar-refractivity contribution in [2.75, 3.05) is 20.3 Å². The van der Waals surface area contributed by atoms with Crippen molar-refractivity contribution < 1.29 is 22.7 Å². The molecule has 1 rings (SSSR count). The predicted octanol–water partition coefficient (Wildman–Crippen LogP) is 2.72. The minimum atomic E-state index is -4.08. The Morgan fingerprint density at radius 2 is 1.84 bits per heavy atom. The number of carbonyl (C=O) groups excluding carboxylic acids is 1. The lowest BCUT2D eigenvalue weighted by Gasteiger charge is -2.08. The summed E-state index contributed by atoms with van der Waals surface area (Å²) in [6.07, 6.45) is 0. The first-order valence-electron chi connectivity index (χ1n) is 4.87. The van der Waals surface area contributed by atoms with Gasteiger partial charge in [0.25, 0.3) is 9.05 Å². The lowest BCUT2D eigenvalue weighted by Crippen LogP contribution is -2.11. The van der Waals surface area contributed by atoms with Crippen molar-refractivity contribution in [2.45, 2.75) is 4.90 Å². The van der Waals surface area contributed by atoms with Crippen LogP contribution in [-0.4, -0.2) is 34.7 Å². The van der Waals surface area contributed by atoms with E-state index < -0.39 is 19.9 Å². The van der Waals surface area contributed by atoms with E-state index in [2.05, 4.69) is 0 Å². The van der Waals surface area contributed by atoms with Crippen molar-refractivity contribution in [1.82, 2.24) is 0 Å². The van der Waals surface area contributed by atoms with Gasteiger partial charge in [0.1, 0.15) is 11.5 Å². The Bertz CT molecular complexity index is 585. The van der Waals surface area contributed by atoms with E-state index in [0.717, 1.165) is 12.1 Å². The van der Waals surface area contributed by atoms with Crippen LogP contribution in [0.25, 0.3) is 0 Å². The summed E-state index contributed by atoms with van der Waals surface area (Å²) in [7, 11) is 2.56. The maximum absolute atomic E-state index is 11.7. The Morgan fingerprint density at radius 3 is 2.37 bits per heavy atom. The van der Waals surface area contributed by atoms with Crippen LogP contribution in [0.1, 0.15) is 10.4 Å². The zero-order chi connectivity index (χ0) is 14.6. The lowest BCUT2D eigenvalue weighted by molar-refractivity contribution is 0.0388. The molecule has 0 spiro atoms. The van der Waals surface area contributed by atoms with Gasteiger partial charge in [0.15, 0.2) is 0 Å². The quantitative estimate of drug-likeness (QED) is 0.465. The van der Waals surface area contributed by atoms with E-state index in [1.165, 1.54) is 7.11 Å². The summed E-state index contributed by atoms with van der Waals surface area (Å²) in [5, 5.41) is -0.204. The summed E-state index contributed by atoms with van der Waals surface area (Å²) < 4.78 is 32.1. The zero-order valence-electron chi connectivity index (χ0n) is 9.65. The number of methoxy groups -OCH3 is 1. The molecule has 0 unspecified atom stereocenters. The molecule has 0 amide bonds. The highest BCUT2D eigenvalue weighted by Crippen LogP contribution is 2.31. The largest absolute Gasteiger partial charge is 0.460 e. The molecule has 106 valence electrons. The Kier molecular flexibility index (Phi) is 5.88. The van der Waals surface area contributed by atoms with E-state index in [4.69, 9.17) is 43.4 Å². The summed E-state index contributed by atoms with van der Waals surface area (Å²) in [5.41, 5.74) is -0.138. The number of esters is 1. The predicted molar refractivity (Wildman–Crippen MR) is 71.7 cm³/mol. The van der Waals surface area contributed by atoms with Crippen LogP contribution in [0.3, 0.4) is 0 Å². The molecule has 0 atom stereocenters. The number of hydrogen-bond donors (Lipinski definition) is 0. The number of ether oxygens (including phenoxy) is 2. The van der Waals surface area contributed by atoms with Gasteiger partial charge in [-0.2, -0.15) is 0 Å². The van der Waals surface area contributed by atoms with E-state index >= 15 is 0 Å². The van der Waals surface area contributed by atoms with Crippen LogP contribution >= 0.6 is 33.9 Å². The molecule has 0 saturated heterocycles. The molecule has 0 aromatic heterocycles. The number of benzene rings is 1. The molecule has 0 aliphatic carbocycles. The third kappa shape index (κ3) is 4.50.